The Morgan fingerprint density at radius 2 is 2.10 bits per heavy atom. The van der Waals surface area contributed by atoms with Crippen molar-refractivity contribution in [3.8, 4) is 0 Å². The first-order valence-corrected chi connectivity index (χ1v) is 7.58. The molecule has 0 fully saturated rings. The molecule has 1 amide bonds. The summed E-state index contributed by atoms with van der Waals surface area (Å²) in [5.41, 5.74) is 0.747. The van der Waals surface area contributed by atoms with Crippen molar-refractivity contribution < 1.29 is 9.53 Å². The van der Waals surface area contributed by atoms with Gasteiger partial charge in [0.1, 0.15) is 5.60 Å². The number of aromatic nitrogens is 1. The lowest BCUT2D eigenvalue weighted by Gasteiger charge is -2.23. The van der Waals surface area contributed by atoms with Crippen LogP contribution in [0.1, 0.15) is 46.6 Å². The Balaban J connectivity index is 2.40. The molecule has 0 bridgehead atoms. The lowest BCUT2D eigenvalue weighted by molar-refractivity contribution is 0.0521. The third-order valence-corrected chi connectivity index (χ3v) is 2.90. The summed E-state index contributed by atoms with van der Waals surface area (Å²) in [4.78, 5) is 14.8. The summed E-state index contributed by atoms with van der Waals surface area (Å²) in [6, 6.07) is 2.27. The molecule has 3 N–H and O–H groups in total. The highest BCUT2D eigenvalue weighted by molar-refractivity contribution is 5.67. The smallest absolute Gasteiger partial charge is 0.407 e. The molecular formula is C16H29N3O2. The zero-order valence-electron chi connectivity index (χ0n) is 13.8. The van der Waals surface area contributed by atoms with Crippen molar-refractivity contribution in [2.75, 3.05) is 6.54 Å². The minimum atomic E-state index is -0.462. The number of hydrogen-bond acceptors (Lipinski definition) is 3. The third kappa shape index (κ3) is 8.40. The van der Waals surface area contributed by atoms with Crippen LogP contribution in [-0.2, 0) is 11.3 Å². The topological polar surface area (TPSA) is 66.2 Å². The predicted molar refractivity (Wildman–Crippen MR) is 85.1 cm³/mol. The van der Waals surface area contributed by atoms with Crippen molar-refractivity contribution in [2.24, 2.45) is 5.92 Å². The molecule has 0 aliphatic heterocycles. The number of alkyl carbamates (subject to hydrolysis) is 1. The van der Waals surface area contributed by atoms with Gasteiger partial charge < -0.3 is 20.4 Å². The SMILES string of the molecule is CC(C)CC(CNC(=O)OC(C)(C)C)NCc1cc[nH]c1. The van der Waals surface area contributed by atoms with Gasteiger partial charge in [-0.15, -0.1) is 0 Å². The molecule has 1 aromatic heterocycles. The van der Waals surface area contributed by atoms with Crippen LogP contribution in [0.25, 0.3) is 0 Å². The minimum absolute atomic E-state index is 0.229. The van der Waals surface area contributed by atoms with Crippen LogP contribution in [0, 0.1) is 5.92 Å². The number of H-pyrrole nitrogens is 1. The standard InChI is InChI=1S/C16H29N3O2/c1-12(2)8-14(18-10-13-6-7-17-9-13)11-19-15(20)21-16(3,4)5/h6-7,9,12,14,17-18H,8,10-11H2,1-5H3,(H,19,20). The highest BCUT2D eigenvalue weighted by atomic mass is 16.6. The van der Waals surface area contributed by atoms with Crippen molar-refractivity contribution in [3.63, 3.8) is 0 Å². The fourth-order valence-corrected chi connectivity index (χ4v) is 2.06. The van der Waals surface area contributed by atoms with Gasteiger partial charge in [0.05, 0.1) is 0 Å². The zero-order chi connectivity index (χ0) is 15.9. The molecule has 5 heteroatoms. The maximum Gasteiger partial charge on any atom is 0.407 e. The Morgan fingerprint density at radius 1 is 1.38 bits per heavy atom. The van der Waals surface area contributed by atoms with Crippen LogP contribution in [0.4, 0.5) is 4.79 Å². The molecule has 1 rings (SSSR count). The normalized spacial score (nSPS) is 13.2. The van der Waals surface area contributed by atoms with Crippen molar-refractivity contribution in [1.82, 2.24) is 15.6 Å². The second kappa shape index (κ2) is 8.08. The van der Waals surface area contributed by atoms with Crippen LogP contribution >= 0.6 is 0 Å². The third-order valence-electron chi connectivity index (χ3n) is 2.90. The second-order valence-electron chi connectivity index (χ2n) is 6.81. The molecule has 0 saturated carbocycles. The zero-order valence-corrected chi connectivity index (χ0v) is 13.8. The number of nitrogens with one attached hydrogen (secondary N) is 3. The molecule has 0 aromatic carbocycles. The van der Waals surface area contributed by atoms with E-state index in [0.717, 1.165) is 13.0 Å². The summed E-state index contributed by atoms with van der Waals surface area (Å²) in [6.07, 6.45) is 4.52. The molecule has 1 atom stereocenters. The maximum absolute atomic E-state index is 11.7. The number of rotatable bonds is 7. The highest BCUT2D eigenvalue weighted by Gasteiger charge is 2.17. The second-order valence-corrected chi connectivity index (χ2v) is 6.81. The molecule has 1 heterocycles. The summed E-state index contributed by atoms with van der Waals surface area (Å²) in [5.74, 6) is 0.564. The van der Waals surface area contributed by atoms with Crippen molar-refractivity contribution in [1.29, 1.82) is 0 Å². The van der Waals surface area contributed by atoms with E-state index in [1.165, 1.54) is 5.56 Å². The van der Waals surface area contributed by atoms with Gasteiger partial charge in [0.2, 0.25) is 0 Å². The van der Waals surface area contributed by atoms with E-state index in [0.29, 0.717) is 12.5 Å². The number of ether oxygens (including phenoxy) is 1. The first-order valence-electron chi connectivity index (χ1n) is 7.58. The van der Waals surface area contributed by atoms with Crippen LogP contribution in [0.5, 0.6) is 0 Å². The Kier molecular flexibility index (Phi) is 6.75. The van der Waals surface area contributed by atoms with Crippen molar-refractivity contribution in [3.05, 3.63) is 24.0 Å². The molecule has 0 saturated heterocycles. The maximum atomic E-state index is 11.7. The number of carbonyl (C=O) groups is 1. The monoisotopic (exact) mass is 295 g/mol. The van der Waals surface area contributed by atoms with Gasteiger partial charge in [-0.2, -0.15) is 0 Å². The van der Waals surface area contributed by atoms with Gasteiger partial charge in [0.25, 0.3) is 0 Å². The van der Waals surface area contributed by atoms with Crippen LogP contribution < -0.4 is 10.6 Å². The van der Waals surface area contributed by atoms with Gasteiger partial charge in [-0.25, -0.2) is 4.79 Å². The summed E-state index contributed by atoms with van der Waals surface area (Å²) >= 11 is 0. The average molecular weight is 295 g/mol. The molecule has 0 spiro atoms. The molecular weight excluding hydrogens is 266 g/mol. The quantitative estimate of drug-likeness (QED) is 0.724. The van der Waals surface area contributed by atoms with Crippen molar-refractivity contribution in [2.45, 2.75) is 59.2 Å². The van der Waals surface area contributed by atoms with Gasteiger partial charge >= 0.3 is 6.09 Å². The van der Waals surface area contributed by atoms with Crippen LogP contribution in [0.2, 0.25) is 0 Å². The molecule has 1 aromatic rings. The van der Waals surface area contributed by atoms with E-state index >= 15 is 0 Å². The largest absolute Gasteiger partial charge is 0.444 e. The van der Waals surface area contributed by atoms with Gasteiger partial charge in [0, 0.05) is 31.5 Å². The molecule has 0 radical (unpaired) electrons. The number of aromatic amines is 1. The van der Waals surface area contributed by atoms with Gasteiger partial charge in [-0.3, -0.25) is 0 Å². The highest BCUT2D eigenvalue weighted by Crippen LogP contribution is 2.08. The molecule has 5 nitrogen and oxygen atoms in total. The predicted octanol–water partition coefficient (Wildman–Crippen LogP) is 3.04. The number of hydrogen-bond donors (Lipinski definition) is 3. The van der Waals surface area contributed by atoms with E-state index in [1.54, 1.807) is 0 Å². The fraction of sp³-hybridized carbons (Fsp3) is 0.688. The fourth-order valence-electron chi connectivity index (χ4n) is 2.06. The first kappa shape index (κ1) is 17.6. The van der Waals surface area contributed by atoms with Crippen LogP contribution in [0.15, 0.2) is 18.5 Å². The first-order chi connectivity index (χ1) is 9.76. The number of amides is 1. The Bertz CT molecular complexity index is 408. The van der Waals surface area contributed by atoms with E-state index in [2.05, 4.69) is 29.5 Å². The van der Waals surface area contributed by atoms with E-state index in [-0.39, 0.29) is 12.1 Å². The summed E-state index contributed by atoms with van der Waals surface area (Å²) < 4.78 is 5.26. The van der Waals surface area contributed by atoms with E-state index in [1.807, 2.05) is 39.2 Å². The van der Waals surface area contributed by atoms with Crippen LogP contribution in [0.3, 0.4) is 0 Å². The summed E-state index contributed by atoms with van der Waals surface area (Å²) in [7, 11) is 0. The molecule has 21 heavy (non-hydrogen) atoms. The summed E-state index contributed by atoms with van der Waals surface area (Å²) in [6.45, 7) is 11.3. The Hall–Kier alpha value is -1.49. The minimum Gasteiger partial charge on any atom is -0.444 e. The molecule has 120 valence electrons. The van der Waals surface area contributed by atoms with Gasteiger partial charge in [-0.1, -0.05) is 13.8 Å². The summed E-state index contributed by atoms with van der Waals surface area (Å²) in [5, 5.41) is 6.32. The van der Waals surface area contributed by atoms with E-state index in [9.17, 15) is 4.79 Å². The van der Waals surface area contributed by atoms with Gasteiger partial charge in [-0.05, 0) is 44.7 Å². The number of carbonyl (C=O) groups excluding carboxylic acids is 1. The van der Waals surface area contributed by atoms with E-state index < -0.39 is 5.60 Å². The molecule has 1 unspecified atom stereocenters. The van der Waals surface area contributed by atoms with Crippen LogP contribution in [-0.4, -0.2) is 29.3 Å². The lowest BCUT2D eigenvalue weighted by atomic mass is 10.0. The molecule has 0 aliphatic rings. The average Bonchev–Trinajstić information content (AvgIpc) is 2.83. The van der Waals surface area contributed by atoms with Crippen molar-refractivity contribution >= 4 is 6.09 Å². The Morgan fingerprint density at radius 3 is 2.62 bits per heavy atom. The van der Waals surface area contributed by atoms with Gasteiger partial charge in [0.15, 0.2) is 0 Å². The molecule has 0 aliphatic carbocycles. The lowest BCUT2D eigenvalue weighted by Crippen LogP contribution is -2.43. The Labute approximate surface area is 127 Å². The van der Waals surface area contributed by atoms with E-state index in [4.69, 9.17) is 4.74 Å².